The molecule has 2 aromatic rings. The van der Waals surface area contributed by atoms with Crippen LogP contribution in [0.4, 0.5) is 0 Å². The van der Waals surface area contributed by atoms with Crippen molar-refractivity contribution in [2.45, 2.75) is 40.2 Å². The maximum Gasteiger partial charge on any atom is 0.109 e. The number of hydrogen-bond acceptors (Lipinski definition) is 2. The first-order valence-electron chi connectivity index (χ1n) is 7.77. The Hall–Kier alpha value is -2.09. The van der Waals surface area contributed by atoms with Gasteiger partial charge in [0.2, 0.25) is 0 Å². The molecule has 0 aliphatic rings. The van der Waals surface area contributed by atoms with Gasteiger partial charge in [0.1, 0.15) is 5.54 Å². The van der Waals surface area contributed by atoms with Crippen molar-refractivity contribution in [1.29, 1.82) is 0 Å². The summed E-state index contributed by atoms with van der Waals surface area (Å²) in [5, 5.41) is 4.58. The number of nitrogens with one attached hydrogen (secondary N) is 1. The minimum absolute atomic E-state index is 0.0609. The molecule has 2 nitrogen and oxygen atoms in total. The normalized spacial score (nSPS) is 11.9. The first-order valence-corrected chi connectivity index (χ1v) is 7.77. The molecule has 0 saturated carbocycles. The maximum atomic E-state index is 4.58. The molecule has 0 spiro atoms. The van der Waals surface area contributed by atoms with Gasteiger partial charge in [-0.3, -0.25) is 5.43 Å². The Morgan fingerprint density at radius 1 is 0.773 bits per heavy atom. The van der Waals surface area contributed by atoms with Gasteiger partial charge in [-0.2, -0.15) is 5.10 Å². The first kappa shape index (κ1) is 16.3. The van der Waals surface area contributed by atoms with E-state index < -0.39 is 0 Å². The van der Waals surface area contributed by atoms with Gasteiger partial charge >= 0.3 is 0 Å². The fourth-order valence-electron chi connectivity index (χ4n) is 2.90. The fourth-order valence-corrected chi connectivity index (χ4v) is 2.90. The Kier molecular flexibility index (Phi) is 4.70. The van der Waals surface area contributed by atoms with Crippen molar-refractivity contribution >= 4 is 5.71 Å². The Morgan fingerprint density at radius 2 is 1.18 bits per heavy atom. The minimum atomic E-state index is -0.382. The van der Waals surface area contributed by atoms with Crippen molar-refractivity contribution in [2.75, 3.05) is 0 Å². The number of nitrogens with zero attached hydrogens (tertiary/aromatic N) is 1. The van der Waals surface area contributed by atoms with Gasteiger partial charge in [-0.25, -0.2) is 0 Å². The molecule has 0 saturated heterocycles. The molecule has 0 fully saturated rings. The molecule has 2 aromatic carbocycles. The highest BCUT2D eigenvalue weighted by atomic mass is 15.3. The molecule has 0 atom stereocenters. The summed E-state index contributed by atoms with van der Waals surface area (Å²) in [5.41, 5.74) is 6.51. The first-order chi connectivity index (χ1) is 10.4. The summed E-state index contributed by atoms with van der Waals surface area (Å²) in [6.45, 7) is 10.8. The zero-order chi connectivity index (χ0) is 16.2. The highest BCUT2D eigenvalue weighted by molar-refractivity contribution is 5.78. The molecule has 2 rings (SSSR count). The van der Waals surface area contributed by atoms with Crippen LogP contribution in [-0.2, 0) is 5.54 Å². The van der Waals surface area contributed by atoms with Crippen molar-refractivity contribution < 1.29 is 0 Å². The highest BCUT2D eigenvalue weighted by Crippen LogP contribution is 2.44. The molecular weight excluding hydrogens is 268 g/mol. The van der Waals surface area contributed by atoms with E-state index in [-0.39, 0.29) is 11.0 Å². The molecule has 1 N–H and O–H groups in total. The van der Waals surface area contributed by atoms with Gasteiger partial charge in [0.25, 0.3) is 0 Å². The molecule has 0 bridgehead atoms. The van der Waals surface area contributed by atoms with Gasteiger partial charge in [-0.1, -0.05) is 81.4 Å². The van der Waals surface area contributed by atoms with E-state index in [1.807, 2.05) is 13.8 Å². The third-order valence-electron chi connectivity index (χ3n) is 3.99. The van der Waals surface area contributed by atoms with Crippen molar-refractivity contribution in [3.63, 3.8) is 0 Å². The zero-order valence-electron chi connectivity index (χ0n) is 14.2. The van der Waals surface area contributed by atoms with Crippen molar-refractivity contribution in [1.82, 2.24) is 5.43 Å². The van der Waals surface area contributed by atoms with Crippen LogP contribution in [0, 0.1) is 5.41 Å². The molecule has 116 valence electrons. The van der Waals surface area contributed by atoms with E-state index in [0.29, 0.717) is 0 Å². The van der Waals surface area contributed by atoms with Crippen LogP contribution < -0.4 is 5.43 Å². The molecule has 0 aliphatic heterocycles. The monoisotopic (exact) mass is 294 g/mol. The summed E-state index contributed by atoms with van der Waals surface area (Å²) in [7, 11) is 0. The maximum absolute atomic E-state index is 4.58. The fraction of sp³-hybridized carbons (Fsp3) is 0.350. The van der Waals surface area contributed by atoms with Crippen LogP contribution in [0.5, 0.6) is 0 Å². The third-order valence-corrected chi connectivity index (χ3v) is 3.99. The van der Waals surface area contributed by atoms with Crippen LogP contribution >= 0.6 is 0 Å². The number of rotatable bonds is 4. The van der Waals surface area contributed by atoms with Gasteiger partial charge < -0.3 is 0 Å². The second-order valence-corrected chi connectivity index (χ2v) is 6.90. The van der Waals surface area contributed by atoms with Crippen LogP contribution in [0.1, 0.15) is 45.7 Å². The summed E-state index contributed by atoms with van der Waals surface area (Å²) in [6.07, 6.45) is 0. The molecule has 0 aromatic heterocycles. The molecule has 22 heavy (non-hydrogen) atoms. The average Bonchev–Trinajstić information content (AvgIpc) is 2.48. The second-order valence-electron chi connectivity index (χ2n) is 6.90. The summed E-state index contributed by atoms with van der Waals surface area (Å²) < 4.78 is 0. The molecule has 0 amide bonds. The largest absolute Gasteiger partial charge is 0.295 e. The lowest BCUT2D eigenvalue weighted by Crippen LogP contribution is -2.51. The van der Waals surface area contributed by atoms with E-state index >= 15 is 0 Å². The quantitative estimate of drug-likeness (QED) is 0.625. The Morgan fingerprint density at radius 3 is 1.50 bits per heavy atom. The Labute approximate surface area is 134 Å². The summed E-state index contributed by atoms with van der Waals surface area (Å²) >= 11 is 0. The summed E-state index contributed by atoms with van der Waals surface area (Å²) in [4.78, 5) is 0. The lowest BCUT2D eigenvalue weighted by Gasteiger charge is -2.45. The van der Waals surface area contributed by atoms with Gasteiger partial charge in [0, 0.05) is 5.71 Å². The van der Waals surface area contributed by atoms with Gasteiger partial charge in [0.05, 0.1) is 0 Å². The number of hydrazone groups is 1. The number of benzene rings is 2. The minimum Gasteiger partial charge on any atom is -0.295 e. The number of hydrogen-bond donors (Lipinski definition) is 1. The Bertz CT molecular complexity index is 578. The van der Waals surface area contributed by atoms with E-state index in [1.54, 1.807) is 0 Å². The van der Waals surface area contributed by atoms with E-state index in [2.05, 4.69) is 92.0 Å². The SMILES string of the molecule is CC(C)=NNC(c1ccccc1)(c1ccccc1)C(C)(C)C. The molecule has 0 radical (unpaired) electrons. The second kappa shape index (κ2) is 6.35. The van der Waals surface area contributed by atoms with Gasteiger partial charge in [-0.05, 0) is 30.4 Å². The van der Waals surface area contributed by atoms with Crippen LogP contribution in [-0.4, -0.2) is 5.71 Å². The van der Waals surface area contributed by atoms with Crippen molar-refractivity contribution in [3.8, 4) is 0 Å². The molecular formula is C20H26N2. The summed E-state index contributed by atoms with van der Waals surface area (Å²) in [5.74, 6) is 0. The van der Waals surface area contributed by atoms with Gasteiger partial charge in [0.15, 0.2) is 0 Å². The highest BCUT2D eigenvalue weighted by Gasteiger charge is 2.45. The standard InChI is InChI=1S/C20H26N2/c1-16(2)21-22-20(19(3,4)5,17-12-8-6-9-13-17)18-14-10-7-11-15-18/h6-15,22H,1-5H3. The van der Waals surface area contributed by atoms with Crippen LogP contribution in [0.3, 0.4) is 0 Å². The van der Waals surface area contributed by atoms with E-state index in [9.17, 15) is 0 Å². The predicted molar refractivity (Wildman–Crippen MR) is 95.0 cm³/mol. The van der Waals surface area contributed by atoms with E-state index in [4.69, 9.17) is 0 Å². The molecule has 0 unspecified atom stereocenters. The van der Waals surface area contributed by atoms with Gasteiger partial charge in [-0.15, -0.1) is 0 Å². The van der Waals surface area contributed by atoms with Crippen molar-refractivity contribution in [2.24, 2.45) is 10.5 Å². The van der Waals surface area contributed by atoms with Crippen LogP contribution in [0.2, 0.25) is 0 Å². The van der Waals surface area contributed by atoms with E-state index in [0.717, 1.165) is 5.71 Å². The molecule has 2 heteroatoms. The lowest BCUT2D eigenvalue weighted by molar-refractivity contribution is 0.182. The predicted octanol–water partition coefficient (Wildman–Crippen LogP) is 4.96. The summed E-state index contributed by atoms with van der Waals surface area (Å²) in [6, 6.07) is 21.1. The molecule has 0 aliphatic carbocycles. The smallest absolute Gasteiger partial charge is 0.109 e. The topological polar surface area (TPSA) is 24.4 Å². The van der Waals surface area contributed by atoms with Crippen LogP contribution in [0.25, 0.3) is 0 Å². The van der Waals surface area contributed by atoms with E-state index in [1.165, 1.54) is 11.1 Å². The zero-order valence-corrected chi connectivity index (χ0v) is 14.2. The Balaban J connectivity index is 2.73. The lowest BCUT2D eigenvalue weighted by atomic mass is 9.66. The molecule has 0 heterocycles. The third kappa shape index (κ3) is 3.06. The van der Waals surface area contributed by atoms with Crippen LogP contribution in [0.15, 0.2) is 65.8 Å². The van der Waals surface area contributed by atoms with Crippen molar-refractivity contribution in [3.05, 3.63) is 71.8 Å². The average molecular weight is 294 g/mol.